The Morgan fingerprint density at radius 1 is 1.53 bits per heavy atom. The van der Waals surface area contributed by atoms with E-state index in [1.165, 1.54) is 17.7 Å². The Hall–Kier alpha value is -0.450. The number of rotatable bonds is 3. The molecular formula is C11H18N2OS. The Balaban J connectivity index is 1.81. The summed E-state index contributed by atoms with van der Waals surface area (Å²) in [5.41, 5.74) is 0. The molecule has 1 aliphatic carbocycles. The molecule has 0 bridgehead atoms. The van der Waals surface area contributed by atoms with Crippen LogP contribution in [0.2, 0.25) is 0 Å². The molecule has 84 valence electrons. The minimum Gasteiger partial charge on any atom is -0.392 e. The molecule has 0 saturated heterocycles. The van der Waals surface area contributed by atoms with Crippen molar-refractivity contribution in [3.8, 4) is 0 Å². The van der Waals surface area contributed by atoms with Crippen molar-refractivity contribution in [2.45, 2.75) is 51.3 Å². The van der Waals surface area contributed by atoms with Gasteiger partial charge in [0.1, 0.15) is 0 Å². The number of aromatic nitrogens is 1. The maximum absolute atomic E-state index is 9.78. The zero-order valence-corrected chi connectivity index (χ0v) is 9.89. The maximum Gasteiger partial charge on any atom is 0.0897 e. The third kappa shape index (κ3) is 3.00. The lowest BCUT2D eigenvalue weighted by Gasteiger charge is -2.28. The van der Waals surface area contributed by atoms with E-state index in [0.29, 0.717) is 0 Å². The van der Waals surface area contributed by atoms with Gasteiger partial charge in [-0.05, 0) is 19.8 Å². The number of nitrogens with zero attached hydrogens (tertiary/aromatic N) is 1. The van der Waals surface area contributed by atoms with Gasteiger partial charge in [-0.2, -0.15) is 0 Å². The van der Waals surface area contributed by atoms with Crippen molar-refractivity contribution in [3.05, 3.63) is 16.1 Å². The molecule has 0 radical (unpaired) electrons. The average Bonchev–Trinajstić information content (AvgIpc) is 2.63. The number of thiazole rings is 1. The van der Waals surface area contributed by atoms with E-state index in [0.717, 1.165) is 24.4 Å². The quantitative estimate of drug-likeness (QED) is 0.826. The Labute approximate surface area is 94.5 Å². The molecule has 2 atom stereocenters. The molecule has 3 nitrogen and oxygen atoms in total. The molecule has 0 aliphatic heterocycles. The van der Waals surface area contributed by atoms with Gasteiger partial charge < -0.3 is 10.4 Å². The van der Waals surface area contributed by atoms with Crippen LogP contribution in [0.15, 0.2) is 6.20 Å². The summed E-state index contributed by atoms with van der Waals surface area (Å²) >= 11 is 1.72. The summed E-state index contributed by atoms with van der Waals surface area (Å²) in [5, 5.41) is 14.3. The molecule has 1 fully saturated rings. The SMILES string of the molecule is Cc1ncc(CN[C@H]2CCCC[C@@H]2O)s1. The Kier molecular flexibility index (Phi) is 3.72. The van der Waals surface area contributed by atoms with Crippen LogP contribution in [-0.2, 0) is 6.54 Å². The predicted octanol–water partition coefficient (Wildman–Crippen LogP) is 1.84. The van der Waals surface area contributed by atoms with E-state index < -0.39 is 0 Å². The maximum atomic E-state index is 9.78. The first-order valence-electron chi connectivity index (χ1n) is 5.58. The van der Waals surface area contributed by atoms with Crippen molar-refractivity contribution < 1.29 is 5.11 Å². The van der Waals surface area contributed by atoms with E-state index in [1.54, 1.807) is 11.3 Å². The highest BCUT2D eigenvalue weighted by Gasteiger charge is 2.22. The van der Waals surface area contributed by atoms with Crippen LogP contribution >= 0.6 is 11.3 Å². The molecule has 15 heavy (non-hydrogen) atoms. The molecule has 4 heteroatoms. The first-order valence-corrected chi connectivity index (χ1v) is 6.40. The standard InChI is InChI=1S/C11H18N2OS/c1-8-12-6-9(15-8)7-13-10-4-2-3-5-11(10)14/h6,10-11,13-14H,2-5,7H2,1H3/t10-,11-/m0/s1. The molecule has 0 aromatic carbocycles. The fourth-order valence-corrected chi connectivity index (χ4v) is 2.81. The Bertz CT molecular complexity index is 313. The predicted molar refractivity (Wildman–Crippen MR) is 62.0 cm³/mol. The number of aliphatic hydroxyl groups excluding tert-OH is 1. The first-order chi connectivity index (χ1) is 7.25. The highest BCUT2D eigenvalue weighted by atomic mass is 32.1. The van der Waals surface area contributed by atoms with Crippen LogP contribution in [-0.4, -0.2) is 22.2 Å². The van der Waals surface area contributed by atoms with Crippen LogP contribution in [0.4, 0.5) is 0 Å². The summed E-state index contributed by atoms with van der Waals surface area (Å²) in [5.74, 6) is 0. The van der Waals surface area contributed by atoms with E-state index in [9.17, 15) is 5.11 Å². The molecule has 2 N–H and O–H groups in total. The molecule has 0 amide bonds. The van der Waals surface area contributed by atoms with Crippen molar-refractivity contribution >= 4 is 11.3 Å². The highest BCUT2D eigenvalue weighted by Crippen LogP contribution is 2.19. The van der Waals surface area contributed by atoms with Gasteiger partial charge in [0.15, 0.2) is 0 Å². The minimum atomic E-state index is -0.159. The van der Waals surface area contributed by atoms with Gasteiger partial charge >= 0.3 is 0 Å². The lowest BCUT2D eigenvalue weighted by atomic mass is 9.93. The summed E-state index contributed by atoms with van der Waals surface area (Å²) in [6, 6.07) is 0.279. The minimum absolute atomic E-state index is 0.159. The largest absolute Gasteiger partial charge is 0.392 e. The molecule has 1 aliphatic rings. The van der Waals surface area contributed by atoms with Gasteiger partial charge in [-0.1, -0.05) is 12.8 Å². The third-order valence-corrected chi connectivity index (χ3v) is 3.85. The zero-order chi connectivity index (χ0) is 10.7. The van der Waals surface area contributed by atoms with E-state index in [4.69, 9.17) is 0 Å². The highest BCUT2D eigenvalue weighted by molar-refractivity contribution is 7.11. The topological polar surface area (TPSA) is 45.2 Å². The molecule has 0 spiro atoms. The number of hydrogen-bond acceptors (Lipinski definition) is 4. The van der Waals surface area contributed by atoms with Crippen molar-refractivity contribution in [2.75, 3.05) is 0 Å². The van der Waals surface area contributed by atoms with Crippen molar-refractivity contribution in [1.82, 2.24) is 10.3 Å². The molecule has 1 saturated carbocycles. The molecular weight excluding hydrogens is 208 g/mol. The molecule has 1 heterocycles. The smallest absolute Gasteiger partial charge is 0.0897 e. The van der Waals surface area contributed by atoms with Crippen molar-refractivity contribution in [2.24, 2.45) is 0 Å². The summed E-state index contributed by atoms with van der Waals surface area (Å²) in [6.07, 6.45) is 6.20. The second-order valence-corrected chi connectivity index (χ2v) is 5.50. The van der Waals surface area contributed by atoms with Crippen LogP contribution in [0, 0.1) is 6.92 Å². The van der Waals surface area contributed by atoms with Gasteiger partial charge in [0.05, 0.1) is 11.1 Å². The van der Waals surface area contributed by atoms with Crippen molar-refractivity contribution in [1.29, 1.82) is 0 Å². The van der Waals surface area contributed by atoms with E-state index in [-0.39, 0.29) is 12.1 Å². The van der Waals surface area contributed by atoms with E-state index >= 15 is 0 Å². The van der Waals surface area contributed by atoms with E-state index in [2.05, 4.69) is 10.3 Å². The Morgan fingerprint density at radius 2 is 2.33 bits per heavy atom. The fourth-order valence-electron chi connectivity index (χ4n) is 2.07. The lowest BCUT2D eigenvalue weighted by Crippen LogP contribution is -2.41. The zero-order valence-electron chi connectivity index (χ0n) is 9.07. The fraction of sp³-hybridized carbons (Fsp3) is 0.727. The second-order valence-electron chi connectivity index (χ2n) is 4.18. The van der Waals surface area contributed by atoms with Gasteiger partial charge in [-0.25, -0.2) is 4.98 Å². The van der Waals surface area contributed by atoms with Crippen molar-refractivity contribution in [3.63, 3.8) is 0 Å². The van der Waals surface area contributed by atoms with Gasteiger partial charge in [-0.3, -0.25) is 0 Å². The van der Waals surface area contributed by atoms with Crippen LogP contribution < -0.4 is 5.32 Å². The monoisotopic (exact) mass is 226 g/mol. The number of aliphatic hydroxyl groups is 1. The normalized spacial score (nSPS) is 26.8. The summed E-state index contributed by atoms with van der Waals surface area (Å²) in [7, 11) is 0. The van der Waals surface area contributed by atoms with Gasteiger partial charge in [0.25, 0.3) is 0 Å². The van der Waals surface area contributed by atoms with Crippen LogP contribution in [0.5, 0.6) is 0 Å². The van der Waals surface area contributed by atoms with Gasteiger partial charge in [0, 0.05) is 23.7 Å². The first kappa shape index (κ1) is 11.0. The van der Waals surface area contributed by atoms with E-state index in [1.807, 2.05) is 13.1 Å². The lowest BCUT2D eigenvalue weighted by molar-refractivity contribution is 0.0904. The number of nitrogens with one attached hydrogen (secondary N) is 1. The van der Waals surface area contributed by atoms with Crippen LogP contribution in [0.3, 0.4) is 0 Å². The van der Waals surface area contributed by atoms with Gasteiger partial charge in [0.2, 0.25) is 0 Å². The molecule has 2 rings (SSSR count). The number of hydrogen-bond donors (Lipinski definition) is 2. The number of aryl methyl sites for hydroxylation is 1. The molecule has 1 aromatic rings. The third-order valence-electron chi connectivity index (χ3n) is 2.94. The summed E-state index contributed by atoms with van der Waals surface area (Å²) < 4.78 is 0. The van der Waals surface area contributed by atoms with Crippen LogP contribution in [0.1, 0.15) is 35.6 Å². The molecule has 1 aromatic heterocycles. The average molecular weight is 226 g/mol. The summed E-state index contributed by atoms with van der Waals surface area (Å²) in [4.78, 5) is 5.47. The summed E-state index contributed by atoms with van der Waals surface area (Å²) in [6.45, 7) is 2.86. The van der Waals surface area contributed by atoms with Crippen LogP contribution in [0.25, 0.3) is 0 Å². The Morgan fingerprint density at radius 3 is 3.00 bits per heavy atom. The van der Waals surface area contributed by atoms with Gasteiger partial charge in [-0.15, -0.1) is 11.3 Å². The second kappa shape index (κ2) is 5.05. The molecule has 0 unspecified atom stereocenters.